The topological polar surface area (TPSA) is 38.9 Å². The lowest BCUT2D eigenvalue weighted by Crippen LogP contribution is -2.15. The Morgan fingerprint density at radius 3 is 2.53 bits per heavy atom. The van der Waals surface area contributed by atoms with Gasteiger partial charge in [-0.05, 0) is 49.3 Å². The number of nitrogens with zero attached hydrogens (tertiary/aromatic N) is 1. The summed E-state index contributed by atoms with van der Waals surface area (Å²) in [6, 6.07) is 4.38. The zero-order valence-corrected chi connectivity index (χ0v) is 12.0. The predicted molar refractivity (Wildman–Crippen MR) is 74.5 cm³/mol. The largest absolute Gasteiger partial charge is 0.328 e. The molecule has 0 fully saturated rings. The number of pyridine rings is 1. The second kappa shape index (κ2) is 5.83. The Hall–Kier alpha value is -0.600. The first-order chi connectivity index (χ1) is 7.79. The lowest BCUT2D eigenvalue weighted by Gasteiger charge is -2.20. The van der Waals surface area contributed by atoms with Crippen molar-refractivity contribution in [1.82, 2.24) is 4.98 Å². The number of hydrogen-bond acceptors (Lipinski definition) is 2. The van der Waals surface area contributed by atoms with Gasteiger partial charge in [0.15, 0.2) is 0 Å². The summed E-state index contributed by atoms with van der Waals surface area (Å²) in [7, 11) is 0. The van der Waals surface area contributed by atoms with Gasteiger partial charge in [0.05, 0.1) is 0 Å². The van der Waals surface area contributed by atoms with Crippen molar-refractivity contribution in [2.45, 2.75) is 58.4 Å². The van der Waals surface area contributed by atoms with Gasteiger partial charge >= 0.3 is 0 Å². The van der Waals surface area contributed by atoms with Gasteiger partial charge in [0.2, 0.25) is 0 Å². The van der Waals surface area contributed by atoms with Crippen LogP contribution in [0, 0.1) is 0 Å². The minimum absolute atomic E-state index is 0.114. The van der Waals surface area contributed by atoms with Crippen LogP contribution in [0.15, 0.2) is 12.1 Å². The predicted octanol–water partition coefficient (Wildman–Crippen LogP) is 3.70. The zero-order valence-electron chi connectivity index (χ0n) is 11.3. The first-order valence-corrected chi connectivity index (χ1v) is 6.59. The number of nitrogens with two attached hydrogens (primary N) is 1. The van der Waals surface area contributed by atoms with E-state index in [4.69, 9.17) is 17.3 Å². The van der Waals surface area contributed by atoms with E-state index in [1.165, 1.54) is 5.56 Å². The van der Waals surface area contributed by atoms with Crippen molar-refractivity contribution >= 4 is 11.6 Å². The van der Waals surface area contributed by atoms with Gasteiger partial charge in [-0.15, -0.1) is 0 Å². The molecule has 3 heteroatoms. The van der Waals surface area contributed by atoms with Crippen LogP contribution in [0.3, 0.4) is 0 Å². The molecule has 0 aliphatic rings. The summed E-state index contributed by atoms with van der Waals surface area (Å²) in [5.41, 5.74) is 8.17. The number of halogens is 1. The average molecular weight is 255 g/mol. The highest BCUT2D eigenvalue weighted by Crippen LogP contribution is 2.25. The summed E-state index contributed by atoms with van der Waals surface area (Å²) in [6.45, 7) is 8.59. The second-order valence-corrected chi connectivity index (χ2v) is 6.18. The highest BCUT2D eigenvalue weighted by molar-refractivity contribution is 6.29. The molecule has 1 atom stereocenters. The normalized spacial score (nSPS) is 13.8. The van der Waals surface area contributed by atoms with Crippen LogP contribution in [-0.2, 0) is 11.8 Å². The highest BCUT2D eigenvalue weighted by Gasteiger charge is 2.15. The average Bonchev–Trinajstić information content (AvgIpc) is 2.14. The summed E-state index contributed by atoms with van der Waals surface area (Å²) in [5.74, 6) is 0. The molecule has 0 bridgehead atoms. The van der Waals surface area contributed by atoms with E-state index in [2.05, 4.69) is 31.8 Å². The molecule has 1 aromatic heterocycles. The van der Waals surface area contributed by atoms with E-state index < -0.39 is 0 Å². The van der Waals surface area contributed by atoms with E-state index in [9.17, 15) is 0 Å². The molecule has 0 aliphatic heterocycles. The molecule has 0 saturated carbocycles. The molecule has 0 saturated heterocycles. The van der Waals surface area contributed by atoms with Crippen LogP contribution >= 0.6 is 11.6 Å². The van der Waals surface area contributed by atoms with Crippen LogP contribution in [0.2, 0.25) is 5.15 Å². The molecule has 1 rings (SSSR count). The molecule has 1 heterocycles. The van der Waals surface area contributed by atoms with Crippen molar-refractivity contribution in [3.8, 4) is 0 Å². The van der Waals surface area contributed by atoms with E-state index in [-0.39, 0.29) is 11.5 Å². The van der Waals surface area contributed by atoms with Gasteiger partial charge in [-0.1, -0.05) is 32.4 Å². The maximum absolute atomic E-state index is 6.06. The number of aromatic nitrogens is 1. The van der Waals surface area contributed by atoms with Crippen LogP contribution in [0.5, 0.6) is 0 Å². The molecule has 2 N–H and O–H groups in total. The van der Waals surface area contributed by atoms with Crippen molar-refractivity contribution in [2.75, 3.05) is 0 Å². The third-order valence-electron chi connectivity index (χ3n) is 2.81. The summed E-state index contributed by atoms with van der Waals surface area (Å²) in [4.78, 5) is 4.37. The lowest BCUT2D eigenvalue weighted by atomic mass is 9.87. The number of hydrogen-bond donors (Lipinski definition) is 1. The van der Waals surface area contributed by atoms with Crippen molar-refractivity contribution in [2.24, 2.45) is 5.73 Å². The van der Waals surface area contributed by atoms with Crippen molar-refractivity contribution in [3.05, 3.63) is 28.5 Å². The molecule has 0 amide bonds. The van der Waals surface area contributed by atoms with Gasteiger partial charge in [-0.2, -0.15) is 0 Å². The standard InChI is InChI=1S/C14H23ClN2/c1-10(16)6-5-7-12-8-11(14(2,3)4)9-13(15)17-12/h8-10H,5-7,16H2,1-4H3/t10-/m0/s1. The van der Waals surface area contributed by atoms with Crippen LogP contribution < -0.4 is 5.73 Å². The van der Waals surface area contributed by atoms with Gasteiger partial charge in [-0.25, -0.2) is 4.98 Å². The van der Waals surface area contributed by atoms with Crippen molar-refractivity contribution < 1.29 is 0 Å². The molecule has 0 spiro atoms. The van der Waals surface area contributed by atoms with Gasteiger partial charge in [0, 0.05) is 11.7 Å². The minimum atomic E-state index is 0.114. The molecule has 1 aromatic rings. The van der Waals surface area contributed by atoms with E-state index in [0.717, 1.165) is 25.0 Å². The van der Waals surface area contributed by atoms with Gasteiger partial charge < -0.3 is 5.73 Å². The quantitative estimate of drug-likeness (QED) is 0.832. The monoisotopic (exact) mass is 254 g/mol. The summed E-state index contributed by atoms with van der Waals surface area (Å²) < 4.78 is 0. The number of rotatable bonds is 4. The SMILES string of the molecule is C[C@H](N)CCCc1cc(C(C)(C)C)cc(Cl)n1. The Morgan fingerprint density at radius 1 is 1.35 bits per heavy atom. The summed E-state index contributed by atoms with van der Waals surface area (Å²) in [5, 5.41) is 0.591. The van der Waals surface area contributed by atoms with Crippen LogP contribution in [-0.4, -0.2) is 11.0 Å². The highest BCUT2D eigenvalue weighted by atomic mass is 35.5. The zero-order chi connectivity index (χ0) is 13.1. The summed E-state index contributed by atoms with van der Waals surface area (Å²) in [6.07, 6.45) is 3.04. The maximum Gasteiger partial charge on any atom is 0.129 e. The molecular formula is C14H23ClN2. The van der Waals surface area contributed by atoms with Crippen molar-refractivity contribution in [1.29, 1.82) is 0 Å². The smallest absolute Gasteiger partial charge is 0.129 e. The van der Waals surface area contributed by atoms with E-state index >= 15 is 0 Å². The van der Waals surface area contributed by atoms with Crippen LogP contribution in [0.25, 0.3) is 0 Å². The van der Waals surface area contributed by atoms with Gasteiger partial charge in [-0.3, -0.25) is 0 Å². The molecule has 0 aromatic carbocycles. The molecule has 96 valence electrons. The van der Waals surface area contributed by atoms with E-state index in [0.29, 0.717) is 5.15 Å². The fourth-order valence-electron chi connectivity index (χ4n) is 1.72. The first-order valence-electron chi connectivity index (χ1n) is 6.21. The number of aryl methyl sites for hydroxylation is 1. The molecule has 0 aliphatic carbocycles. The van der Waals surface area contributed by atoms with Crippen LogP contribution in [0.1, 0.15) is 51.8 Å². The Bertz CT molecular complexity index is 367. The third-order valence-corrected chi connectivity index (χ3v) is 3.00. The fourth-order valence-corrected chi connectivity index (χ4v) is 1.94. The molecule has 2 nitrogen and oxygen atoms in total. The van der Waals surface area contributed by atoms with E-state index in [1.54, 1.807) is 0 Å². The molecule has 0 unspecified atom stereocenters. The minimum Gasteiger partial charge on any atom is -0.328 e. The maximum atomic E-state index is 6.06. The second-order valence-electron chi connectivity index (χ2n) is 5.79. The Labute approximate surface area is 110 Å². The lowest BCUT2D eigenvalue weighted by molar-refractivity contribution is 0.584. The van der Waals surface area contributed by atoms with Gasteiger partial charge in [0.25, 0.3) is 0 Å². The molecule has 0 radical (unpaired) electrons. The summed E-state index contributed by atoms with van der Waals surface area (Å²) >= 11 is 6.06. The fraction of sp³-hybridized carbons (Fsp3) is 0.643. The Balaban J connectivity index is 2.76. The van der Waals surface area contributed by atoms with Crippen molar-refractivity contribution in [3.63, 3.8) is 0 Å². The molecule has 17 heavy (non-hydrogen) atoms. The van der Waals surface area contributed by atoms with Crippen LogP contribution in [0.4, 0.5) is 0 Å². The third kappa shape index (κ3) is 5.05. The Morgan fingerprint density at radius 2 is 2.00 bits per heavy atom. The van der Waals surface area contributed by atoms with Gasteiger partial charge in [0.1, 0.15) is 5.15 Å². The first kappa shape index (κ1) is 14.5. The Kier molecular flexibility index (Phi) is 4.96. The van der Waals surface area contributed by atoms with E-state index in [1.807, 2.05) is 13.0 Å². The molecular weight excluding hydrogens is 232 g/mol.